The van der Waals surface area contributed by atoms with Gasteiger partial charge in [-0.2, -0.15) is 0 Å². The first-order chi connectivity index (χ1) is 7.58. The maximum absolute atomic E-state index is 13.6. The van der Waals surface area contributed by atoms with Gasteiger partial charge in [0.25, 0.3) is 0 Å². The summed E-state index contributed by atoms with van der Waals surface area (Å²) in [7, 11) is 0. The molecule has 0 aromatic heterocycles. The lowest BCUT2D eigenvalue weighted by atomic mass is 10.0. The molecule has 0 fully saturated rings. The lowest BCUT2D eigenvalue weighted by molar-refractivity contribution is 0.0855. The summed E-state index contributed by atoms with van der Waals surface area (Å²) in [4.78, 5) is 5.17. The van der Waals surface area contributed by atoms with Crippen molar-refractivity contribution in [1.29, 1.82) is 0 Å². The first kappa shape index (κ1) is 11.4. The highest BCUT2D eigenvalue weighted by atomic mass is 35.5. The second-order valence-corrected chi connectivity index (χ2v) is 4.74. The molecule has 86 valence electrons. The van der Waals surface area contributed by atoms with Gasteiger partial charge < -0.3 is 4.84 Å². The molecule has 1 aromatic carbocycles. The standard InChI is InChI=1S/C12H13ClFNO/c1-7-3-4-10(14)9(5-7)11-6-12(8(2)13)16-15-11/h3-5,8,12H,6H2,1-2H3. The lowest BCUT2D eigenvalue weighted by Crippen LogP contribution is -2.18. The third-order valence-corrected chi connectivity index (χ3v) is 2.92. The van der Waals surface area contributed by atoms with Crippen molar-refractivity contribution in [3.05, 3.63) is 35.1 Å². The Hall–Kier alpha value is -1.09. The van der Waals surface area contributed by atoms with E-state index in [2.05, 4.69) is 5.16 Å². The van der Waals surface area contributed by atoms with Gasteiger partial charge in [-0.05, 0) is 26.0 Å². The SMILES string of the molecule is Cc1ccc(F)c(C2=NOC(C(C)Cl)C2)c1. The van der Waals surface area contributed by atoms with E-state index in [4.69, 9.17) is 16.4 Å². The number of nitrogens with zero attached hydrogens (tertiary/aromatic N) is 1. The molecule has 0 spiro atoms. The van der Waals surface area contributed by atoms with Crippen molar-refractivity contribution in [2.75, 3.05) is 0 Å². The van der Waals surface area contributed by atoms with E-state index in [-0.39, 0.29) is 17.3 Å². The summed E-state index contributed by atoms with van der Waals surface area (Å²) in [5.74, 6) is -0.268. The highest BCUT2D eigenvalue weighted by Gasteiger charge is 2.27. The number of hydrogen-bond acceptors (Lipinski definition) is 2. The summed E-state index contributed by atoms with van der Waals surface area (Å²) >= 11 is 5.92. The van der Waals surface area contributed by atoms with Crippen LogP contribution in [-0.2, 0) is 4.84 Å². The quantitative estimate of drug-likeness (QED) is 0.729. The van der Waals surface area contributed by atoms with Crippen LogP contribution in [0.25, 0.3) is 0 Å². The largest absolute Gasteiger partial charge is 0.390 e. The first-order valence-corrected chi connectivity index (χ1v) is 5.65. The van der Waals surface area contributed by atoms with Crippen molar-refractivity contribution in [1.82, 2.24) is 0 Å². The fourth-order valence-corrected chi connectivity index (χ4v) is 1.80. The second-order valence-electron chi connectivity index (χ2n) is 4.05. The molecule has 0 bridgehead atoms. The minimum atomic E-state index is -0.268. The van der Waals surface area contributed by atoms with Crippen LogP contribution in [0.15, 0.2) is 23.4 Å². The van der Waals surface area contributed by atoms with E-state index in [9.17, 15) is 4.39 Å². The lowest BCUT2D eigenvalue weighted by Gasteiger charge is -2.09. The van der Waals surface area contributed by atoms with Crippen LogP contribution < -0.4 is 0 Å². The monoisotopic (exact) mass is 241 g/mol. The number of alkyl halides is 1. The van der Waals surface area contributed by atoms with Crippen LogP contribution in [0.5, 0.6) is 0 Å². The van der Waals surface area contributed by atoms with E-state index in [1.165, 1.54) is 6.07 Å². The number of oxime groups is 1. The minimum absolute atomic E-state index is 0.130. The molecule has 0 N–H and O–H groups in total. The van der Waals surface area contributed by atoms with Crippen LogP contribution in [-0.4, -0.2) is 17.2 Å². The van der Waals surface area contributed by atoms with Gasteiger partial charge >= 0.3 is 0 Å². The zero-order valence-electron chi connectivity index (χ0n) is 9.21. The molecule has 2 rings (SSSR count). The molecule has 1 aliphatic heterocycles. The average molecular weight is 242 g/mol. The van der Waals surface area contributed by atoms with Crippen LogP contribution >= 0.6 is 11.6 Å². The molecule has 16 heavy (non-hydrogen) atoms. The van der Waals surface area contributed by atoms with Crippen molar-refractivity contribution in [2.24, 2.45) is 5.16 Å². The van der Waals surface area contributed by atoms with E-state index in [0.29, 0.717) is 17.7 Å². The van der Waals surface area contributed by atoms with E-state index >= 15 is 0 Å². The number of aryl methyl sites for hydroxylation is 1. The van der Waals surface area contributed by atoms with Gasteiger partial charge in [0.1, 0.15) is 11.9 Å². The molecule has 0 saturated heterocycles. The Morgan fingerprint density at radius 2 is 2.31 bits per heavy atom. The van der Waals surface area contributed by atoms with Gasteiger partial charge in [0.15, 0.2) is 0 Å². The summed E-state index contributed by atoms with van der Waals surface area (Å²) < 4.78 is 13.6. The number of halogens is 2. The minimum Gasteiger partial charge on any atom is -0.390 e. The first-order valence-electron chi connectivity index (χ1n) is 5.21. The average Bonchev–Trinajstić information content (AvgIpc) is 2.70. The maximum atomic E-state index is 13.6. The molecule has 2 atom stereocenters. The number of hydrogen-bond donors (Lipinski definition) is 0. The van der Waals surface area contributed by atoms with Crippen molar-refractivity contribution in [3.8, 4) is 0 Å². The van der Waals surface area contributed by atoms with Gasteiger partial charge in [-0.1, -0.05) is 16.8 Å². The Labute approximate surface area is 99.0 Å². The Bertz CT molecular complexity index is 431. The van der Waals surface area contributed by atoms with Gasteiger partial charge in [-0.3, -0.25) is 0 Å². The molecule has 2 unspecified atom stereocenters. The Kier molecular flexibility index (Phi) is 3.15. The van der Waals surface area contributed by atoms with Crippen molar-refractivity contribution < 1.29 is 9.23 Å². The zero-order valence-corrected chi connectivity index (χ0v) is 9.96. The summed E-state index contributed by atoms with van der Waals surface area (Å²) in [6.07, 6.45) is 0.405. The van der Waals surface area contributed by atoms with E-state index < -0.39 is 0 Å². The van der Waals surface area contributed by atoms with Gasteiger partial charge in [-0.15, -0.1) is 11.6 Å². The summed E-state index contributed by atoms with van der Waals surface area (Å²) in [5.41, 5.74) is 2.15. The van der Waals surface area contributed by atoms with Crippen LogP contribution in [0, 0.1) is 12.7 Å². The van der Waals surface area contributed by atoms with Crippen LogP contribution in [0.3, 0.4) is 0 Å². The normalized spacial score (nSPS) is 21.5. The molecule has 0 radical (unpaired) electrons. The molecule has 1 aliphatic rings. The van der Waals surface area contributed by atoms with Crippen molar-refractivity contribution >= 4 is 17.3 Å². The van der Waals surface area contributed by atoms with Crippen molar-refractivity contribution in [2.45, 2.75) is 31.7 Å². The van der Waals surface area contributed by atoms with E-state index in [1.807, 2.05) is 13.8 Å². The van der Waals surface area contributed by atoms with Gasteiger partial charge in [0.05, 0.1) is 11.1 Å². The number of rotatable bonds is 2. The number of benzene rings is 1. The fraction of sp³-hybridized carbons (Fsp3) is 0.417. The highest BCUT2D eigenvalue weighted by molar-refractivity contribution is 6.21. The molecule has 4 heteroatoms. The predicted octanol–water partition coefficient (Wildman–Crippen LogP) is 3.25. The Balaban J connectivity index is 2.23. The fourth-order valence-electron chi connectivity index (χ4n) is 1.66. The second kappa shape index (κ2) is 4.42. The smallest absolute Gasteiger partial charge is 0.149 e. The molecule has 1 aromatic rings. The summed E-state index contributed by atoms with van der Waals surface area (Å²) in [6, 6.07) is 4.96. The zero-order chi connectivity index (χ0) is 11.7. The van der Waals surface area contributed by atoms with Crippen LogP contribution in [0.4, 0.5) is 4.39 Å². The van der Waals surface area contributed by atoms with Gasteiger partial charge in [0, 0.05) is 12.0 Å². The predicted molar refractivity (Wildman–Crippen MR) is 62.5 cm³/mol. The Morgan fingerprint density at radius 3 is 2.94 bits per heavy atom. The topological polar surface area (TPSA) is 21.6 Å². The third-order valence-electron chi connectivity index (χ3n) is 2.64. The van der Waals surface area contributed by atoms with Gasteiger partial charge in [-0.25, -0.2) is 4.39 Å². The molecule has 0 aliphatic carbocycles. The Morgan fingerprint density at radius 1 is 1.56 bits per heavy atom. The summed E-state index contributed by atoms with van der Waals surface area (Å²) in [5, 5.41) is 3.77. The van der Waals surface area contributed by atoms with Gasteiger partial charge in [0.2, 0.25) is 0 Å². The molecule has 0 amide bonds. The molecular weight excluding hydrogens is 229 g/mol. The third kappa shape index (κ3) is 2.19. The van der Waals surface area contributed by atoms with Crippen LogP contribution in [0.2, 0.25) is 0 Å². The molecule has 2 nitrogen and oxygen atoms in total. The molecular formula is C12H13ClFNO. The van der Waals surface area contributed by atoms with E-state index in [0.717, 1.165) is 5.56 Å². The van der Waals surface area contributed by atoms with Crippen LogP contribution in [0.1, 0.15) is 24.5 Å². The highest BCUT2D eigenvalue weighted by Crippen LogP contribution is 2.23. The molecule has 0 saturated carbocycles. The summed E-state index contributed by atoms with van der Waals surface area (Å²) in [6.45, 7) is 3.76. The molecule has 1 heterocycles. The van der Waals surface area contributed by atoms with Crippen molar-refractivity contribution in [3.63, 3.8) is 0 Å². The van der Waals surface area contributed by atoms with E-state index in [1.54, 1.807) is 12.1 Å². The maximum Gasteiger partial charge on any atom is 0.149 e.